The van der Waals surface area contributed by atoms with Crippen molar-refractivity contribution in [1.29, 1.82) is 0 Å². The molecular formula is C85H164N4O18P2-2. The van der Waals surface area contributed by atoms with Crippen molar-refractivity contribution < 1.29 is 85.4 Å². The summed E-state index contributed by atoms with van der Waals surface area (Å²) >= 11 is 0. The highest BCUT2D eigenvalue weighted by atomic mass is 31.2. The normalized spacial score (nSPS) is 14.7. The van der Waals surface area contributed by atoms with E-state index in [1.807, 2.05) is 0 Å². The number of nitrogens with one attached hydrogen (secondary N) is 4. The molecule has 24 heteroatoms. The van der Waals surface area contributed by atoms with Gasteiger partial charge in [0.1, 0.15) is 18.8 Å². The van der Waals surface area contributed by atoms with Crippen LogP contribution in [-0.4, -0.2) is 137 Å². The third-order valence-corrected chi connectivity index (χ3v) is 21.4. The molecule has 0 heterocycles. The van der Waals surface area contributed by atoms with Crippen LogP contribution in [0.3, 0.4) is 0 Å². The first-order valence-electron chi connectivity index (χ1n) is 44.4. The lowest BCUT2D eigenvalue weighted by Gasteiger charge is -2.28. The maximum Gasteiger partial charge on any atom is 0.306 e. The number of hydrogen-bond acceptors (Lipinski definition) is 19. The molecule has 8 atom stereocenters. The molecule has 22 nitrogen and oxygen atoms in total. The van der Waals surface area contributed by atoms with E-state index in [1.165, 1.54) is 141 Å². The number of phosphoric acid groups is 2. The summed E-state index contributed by atoms with van der Waals surface area (Å²) < 4.78 is 71.0. The van der Waals surface area contributed by atoms with E-state index in [0.717, 1.165) is 148 Å². The van der Waals surface area contributed by atoms with Crippen LogP contribution in [0.5, 0.6) is 0 Å². The average Bonchev–Trinajstić information content (AvgIpc) is 0.933. The number of phosphoric ester groups is 2. The first kappa shape index (κ1) is 106. The standard InChI is InChI=1S/C85H166N4O18P2/c1-7-13-19-25-29-33-35-39-41-47-53-59-80(90)88-76(72-100-67-63-78(57-51-45-23-17-11-5)106-84(94)61-55-49-43-37-31-27-21-15-9-3)74-104-108(96,97)102-69-65-86-82(92)71-83(93)87-66-70-103-109(98,99)105-75-77(89-81(91)60-54-48-42-40-36-34-30-26-20-14-8-2)73-101-68-64-79(58-52-46-24-18-12-6)107-85(95)62-56-50-44-38-32-28-22-16-10-4/h37-38,43-44,76-80,85,88,90,95H,7-36,39-42,45-75H2,1-6H3,(H,86,92)(H,87,93)(H,89,91)(H,96,97)(H,98,99)/p-2/b43-37-,44-38-. The van der Waals surface area contributed by atoms with Crippen LogP contribution in [-0.2, 0) is 65.4 Å². The Hall–Kier alpha value is -2.66. The van der Waals surface area contributed by atoms with Gasteiger partial charge in [-0.2, -0.15) is 0 Å². The van der Waals surface area contributed by atoms with Crippen LogP contribution in [0.2, 0.25) is 0 Å². The number of aliphatic hydroxyl groups is 2. The van der Waals surface area contributed by atoms with Crippen molar-refractivity contribution in [2.45, 2.75) is 431 Å². The minimum absolute atomic E-state index is 0.0217. The van der Waals surface area contributed by atoms with Crippen molar-refractivity contribution in [2.75, 3.05) is 65.9 Å². The lowest BCUT2D eigenvalue weighted by molar-refractivity contribution is -0.227. The van der Waals surface area contributed by atoms with Crippen molar-refractivity contribution in [3.63, 3.8) is 0 Å². The number of ether oxygens (including phenoxy) is 4. The van der Waals surface area contributed by atoms with Gasteiger partial charge in [-0.05, 0) is 103 Å². The van der Waals surface area contributed by atoms with E-state index in [-0.39, 0.29) is 70.0 Å². The SMILES string of the molecule is CCCCCC/C=C\CCCC(=O)OC(CCCCCCC)CCOCC(COP(=O)([O-])OCCNC(=O)CC(=O)NCCOP(=O)([O-])OCC(COCCC(CCCCCCC)OC(O)CCC/C=C\CCCCCC)NC(=O)CCCCCCCCCCCCC)NC(O)CCCCCCCCCCCCC. The molecule has 0 aromatic carbocycles. The third-order valence-electron chi connectivity index (χ3n) is 19.5. The Morgan fingerprint density at radius 3 is 1.19 bits per heavy atom. The average molecular weight is 1590 g/mol. The first-order valence-corrected chi connectivity index (χ1v) is 47.3. The molecule has 0 spiro atoms. The molecule has 0 aromatic rings. The first-order chi connectivity index (χ1) is 52.9. The van der Waals surface area contributed by atoms with Crippen LogP contribution in [0.15, 0.2) is 24.3 Å². The van der Waals surface area contributed by atoms with E-state index in [9.17, 15) is 48.3 Å². The van der Waals surface area contributed by atoms with Crippen LogP contribution in [0.4, 0.5) is 0 Å². The number of esters is 1. The lowest BCUT2D eigenvalue weighted by Crippen LogP contribution is -2.44. The van der Waals surface area contributed by atoms with Crippen LogP contribution in [0.25, 0.3) is 0 Å². The second-order valence-electron chi connectivity index (χ2n) is 30.2. The van der Waals surface area contributed by atoms with E-state index in [4.69, 9.17) is 37.0 Å². The van der Waals surface area contributed by atoms with Gasteiger partial charge >= 0.3 is 5.97 Å². The molecule has 0 fully saturated rings. The fourth-order valence-electron chi connectivity index (χ4n) is 12.8. The molecule has 8 unspecified atom stereocenters. The molecular weight excluding hydrogens is 1430 g/mol. The highest BCUT2D eigenvalue weighted by Crippen LogP contribution is 2.39. The smallest absolute Gasteiger partial charge is 0.306 e. The summed E-state index contributed by atoms with van der Waals surface area (Å²) in [6.45, 7) is 11.0. The van der Waals surface area contributed by atoms with E-state index in [1.54, 1.807) is 0 Å². The lowest BCUT2D eigenvalue weighted by atomic mass is 10.0. The number of hydrogen-bond donors (Lipinski definition) is 6. The quantitative estimate of drug-likeness (QED) is 0.00823. The van der Waals surface area contributed by atoms with E-state index < -0.39 is 84.9 Å². The Morgan fingerprint density at radius 2 is 0.734 bits per heavy atom. The Kier molecular flexibility index (Phi) is 77.3. The summed E-state index contributed by atoms with van der Waals surface area (Å²) in [6.07, 6.45) is 60.6. The molecule has 3 amide bonds. The summed E-state index contributed by atoms with van der Waals surface area (Å²) in [4.78, 5) is 77.8. The number of allylic oxidation sites excluding steroid dienone is 4. The number of carbonyl (C=O) groups excluding carboxylic acids is 4. The topological polar surface area (TPSA) is 311 Å². The van der Waals surface area contributed by atoms with Crippen LogP contribution >= 0.6 is 15.6 Å². The van der Waals surface area contributed by atoms with E-state index in [2.05, 4.69) is 87.1 Å². The van der Waals surface area contributed by atoms with Gasteiger partial charge in [0.25, 0.3) is 15.6 Å². The van der Waals surface area contributed by atoms with Gasteiger partial charge in [-0.15, -0.1) is 0 Å². The van der Waals surface area contributed by atoms with Gasteiger partial charge in [-0.25, -0.2) is 0 Å². The van der Waals surface area contributed by atoms with Crippen LogP contribution in [0, 0.1) is 0 Å². The van der Waals surface area contributed by atoms with Gasteiger partial charge in [-0.3, -0.25) is 33.6 Å². The Labute approximate surface area is 664 Å². The molecule has 0 bridgehead atoms. The van der Waals surface area contributed by atoms with Crippen molar-refractivity contribution in [2.24, 2.45) is 0 Å². The third kappa shape index (κ3) is 76.4. The van der Waals surface area contributed by atoms with Gasteiger partial charge in [-0.1, -0.05) is 291 Å². The van der Waals surface area contributed by atoms with Crippen molar-refractivity contribution in [3.8, 4) is 0 Å². The molecule has 0 aliphatic heterocycles. The van der Waals surface area contributed by atoms with Crippen molar-refractivity contribution in [3.05, 3.63) is 24.3 Å². The number of rotatable bonds is 86. The summed E-state index contributed by atoms with van der Waals surface area (Å²) in [7, 11) is -9.94. The molecule has 0 rings (SSSR count). The second-order valence-corrected chi connectivity index (χ2v) is 33.0. The molecule has 0 aromatic heterocycles. The Balaban J connectivity index is 5.54. The molecule has 0 saturated heterocycles. The molecule has 0 aliphatic carbocycles. The maximum absolute atomic E-state index is 13.3. The monoisotopic (exact) mass is 1590 g/mol. The highest BCUT2D eigenvalue weighted by molar-refractivity contribution is 7.46. The largest absolute Gasteiger partial charge is 0.756 e. The van der Waals surface area contributed by atoms with E-state index >= 15 is 0 Å². The Morgan fingerprint density at radius 1 is 0.367 bits per heavy atom. The van der Waals surface area contributed by atoms with Crippen LogP contribution in [0.1, 0.15) is 395 Å². The summed E-state index contributed by atoms with van der Waals surface area (Å²) in [6, 6.07) is -1.62. The summed E-state index contributed by atoms with van der Waals surface area (Å²) in [5, 5.41) is 32.8. The molecule has 0 radical (unpaired) electrons. The molecule has 6 N–H and O–H groups in total. The zero-order valence-corrected chi connectivity index (χ0v) is 71.8. The second kappa shape index (κ2) is 79.2. The van der Waals surface area contributed by atoms with Crippen molar-refractivity contribution in [1.82, 2.24) is 21.3 Å². The minimum Gasteiger partial charge on any atom is -0.756 e. The zero-order valence-electron chi connectivity index (χ0n) is 70.1. The predicted molar refractivity (Wildman–Crippen MR) is 439 cm³/mol. The Bertz CT molecular complexity index is 2220. The molecule has 0 aliphatic rings. The molecule has 0 saturated carbocycles. The predicted octanol–water partition coefficient (Wildman–Crippen LogP) is 19.3. The van der Waals surface area contributed by atoms with Gasteiger partial charge < -0.3 is 73.0 Å². The van der Waals surface area contributed by atoms with Crippen LogP contribution < -0.4 is 31.1 Å². The summed E-state index contributed by atoms with van der Waals surface area (Å²) in [5.74, 6) is -2.01. The molecule has 109 heavy (non-hydrogen) atoms. The number of amides is 3. The number of unbranched alkanes of at least 4 members (excludes halogenated alkanes) is 38. The maximum atomic E-state index is 13.3. The van der Waals surface area contributed by atoms with Crippen molar-refractivity contribution >= 4 is 39.3 Å². The zero-order chi connectivity index (χ0) is 80.0. The van der Waals surface area contributed by atoms with Gasteiger partial charge in [0.05, 0.1) is 64.4 Å². The molecule has 644 valence electrons. The fourth-order valence-corrected chi connectivity index (χ4v) is 14.3. The minimum atomic E-state index is -4.98. The highest BCUT2D eigenvalue weighted by Gasteiger charge is 2.23. The fraction of sp³-hybridized carbons (Fsp3) is 0.906. The van der Waals surface area contributed by atoms with Gasteiger partial charge in [0.15, 0.2) is 6.29 Å². The van der Waals surface area contributed by atoms with Gasteiger partial charge in [0, 0.05) is 39.0 Å². The number of carbonyl (C=O) groups is 4. The van der Waals surface area contributed by atoms with Gasteiger partial charge in [0.2, 0.25) is 17.7 Å². The summed E-state index contributed by atoms with van der Waals surface area (Å²) in [5.41, 5.74) is 0. The van der Waals surface area contributed by atoms with E-state index in [0.29, 0.717) is 51.4 Å². The number of aliphatic hydroxyl groups excluding tert-OH is 2.